The molecular weight excluding hydrogens is 219 g/mol. The molecular formula is C10H10KN2O2+. The van der Waals surface area contributed by atoms with E-state index >= 15 is 0 Å². The summed E-state index contributed by atoms with van der Waals surface area (Å²) in [7, 11) is 0. The first-order valence-electron chi connectivity index (χ1n) is 4.32. The number of benzene rings is 1. The number of nitrogens with one attached hydrogen (secondary N) is 2. The van der Waals surface area contributed by atoms with E-state index in [9.17, 15) is 9.59 Å². The standard InChI is InChI=1S/C10H10N2O2.K/c1-10(7-5-3-2-4-6-7)8(13)11-9(14)12-10;/h2-6H,1H3,(H2,11,12,13,14);/q;+1. The van der Waals surface area contributed by atoms with Crippen molar-refractivity contribution in [2.24, 2.45) is 0 Å². The molecule has 1 aromatic rings. The first kappa shape index (κ1) is 12.9. The van der Waals surface area contributed by atoms with E-state index in [2.05, 4.69) is 10.6 Å². The summed E-state index contributed by atoms with van der Waals surface area (Å²) in [5, 5.41) is 4.81. The van der Waals surface area contributed by atoms with Gasteiger partial charge in [-0.25, -0.2) is 4.79 Å². The van der Waals surface area contributed by atoms with Crippen molar-refractivity contribution in [3.8, 4) is 0 Å². The zero-order valence-electron chi connectivity index (χ0n) is 8.70. The molecule has 15 heavy (non-hydrogen) atoms. The van der Waals surface area contributed by atoms with Gasteiger partial charge in [-0.3, -0.25) is 10.1 Å². The normalized spacial score (nSPS) is 24.1. The Labute approximate surface area is 130 Å². The topological polar surface area (TPSA) is 58.2 Å². The number of hydrogen-bond acceptors (Lipinski definition) is 2. The monoisotopic (exact) mass is 229 g/mol. The Balaban J connectivity index is 0.00000112. The van der Waals surface area contributed by atoms with E-state index in [1.165, 1.54) is 0 Å². The molecule has 0 saturated carbocycles. The van der Waals surface area contributed by atoms with E-state index < -0.39 is 11.6 Å². The molecule has 0 spiro atoms. The van der Waals surface area contributed by atoms with Gasteiger partial charge in [0.2, 0.25) is 0 Å². The number of imide groups is 1. The minimum Gasteiger partial charge on any atom is -0.320 e. The fraction of sp³-hybridized carbons (Fsp3) is 0.200. The second kappa shape index (κ2) is 4.76. The van der Waals surface area contributed by atoms with Crippen molar-refractivity contribution in [3.63, 3.8) is 0 Å². The number of urea groups is 1. The van der Waals surface area contributed by atoms with Gasteiger partial charge in [-0.05, 0) is 12.5 Å². The van der Waals surface area contributed by atoms with Gasteiger partial charge in [0.15, 0.2) is 0 Å². The number of carbonyl (C=O) groups is 2. The summed E-state index contributed by atoms with van der Waals surface area (Å²) >= 11 is 0. The average Bonchev–Trinajstić information content (AvgIpc) is 2.43. The Morgan fingerprint density at radius 2 is 1.73 bits per heavy atom. The van der Waals surface area contributed by atoms with Crippen molar-refractivity contribution in [1.82, 2.24) is 10.6 Å². The molecule has 3 amide bonds. The smallest absolute Gasteiger partial charge is 0.320 e. The molecule has 1 saturated heterocycles. The Morgan fingerprint density at radius 1 is 1.13 bits per heavy atom. The van der Waals surface area contributed by atoms with E-state index in [4.69, 9.17) is 0 Å². The molecule has 1 unspecified atom stereocenters. The number of rotatable bonds is 1. The first-order valence-corrected chi connectivity index (χ1v) is 4.32. The molecule has 72 valence electrons. The summed E-state index contributed by atoms with van der Waals surface area (Å²) in [4.78, 5) is 22.5. The van der Waals surface area contributed by atoms with Crippen molar-refractivity contribution in [3.05, 3.63) is 35.9 Å². The molecule has 1 atom stereocenters. The third-order valence-corrected chi connectivity index (χ3v) is 2.40. The van der Waals surface area contributed by atoms with E-state index in [-0.39, 0.29) is 57.3 Å². The molecule has 4 nitrogen and oxygen atoms in total. The quantitative estimate of drug-likeness (QED) is 0.422. The molecule has 0 radical (unpaired) electrons. The van der Waals surface area contributed by atoms with Gasteiger partial charge in [-0.15, -0.1) is 0 Å². The van der Waals surface area contributed by atoms with Gasteiger partial charge in [-0.2, -0.15) is 0 Å². The first-order chi connectivity index (χ1) is 6.63. The van der Waals surface area contributed by atoms with Crippen molar-refractivity contribution in [1.29, 1.82) is 0 Å². The van der Waals surface area contributed by atoms with Crippen molar-refractivity contribution in [2.45, 2.75) is 12.5 Å². The molecule has 1 aliphatic heterocycles. The molecule has 1 aromatic carbocycles. The summed E-state index contributed by atoms with van der Waals surface area (Å²) in [5.41, 5.74) is -0.151. The van der Waals surface area contributed by atoms with Gasteiger partial charge >= 0.3 is 57.4 Å². The number of carbonyl (C=O) groups excluding carboxylic acids is 2. The van der Waals surface area contributed by atoms with Gasteiger partial charge in [0.05, 0.1) is 0 Å². The fourth-order valence-electron chi connectivity index (χ4n) is 1.52. The molecule has 0 aliphatic carbocycles. The minimum absolute atomic E-state index is 0. The zero-order chi connectivity index (χ0) is 10.2. The summed E-state index contributed by atoms with van der Waals surface area (Å²) in [5.74, 6) is -0.311. The van der Waals surface area contributed by atoms with Crippen molar-refractivity contribution < 1.29 is 61.0 Å². The number of amides is 3. The van der Waals surface area contributed by atoms with E-state index in [1.54, 1.807) is 6.92 Å². The Kier molecular flexibility index (Phi) is 4.08. The van der Waals surface area contributed by atoms with E-state index in [0.717, 1.165) is 5.56 Å². The van der Waals surface area contributed by atoms with Crippen LogP contribution >= 0.6 is 0 Å². The zero-order valence-corrected chi connectivity index (χ0v) is 11.8. The largest absolute Gasteiger partial charge is 1.00 e. The van der Waals surface area contributed by atoms with E-state index in [1.807, 2.05) is 30.3 Å². The number of hydrogen-bond donors (Lipinski definition) is 2. The predicted octanol–water partition coefficient (Wildman–Crippen LogP) is -2.25. The van der Waals surface area contributed by atoms with Crippen LogP contribution in [0, 0.1) is 0 Å². The summed E-state index contributed by atoms with van der Waals surface area (Å²) < 4.78 is 0. The third kappa shape index (κ3) is 2.32. The van der Waals surface area contributed by atoms with Gasteiger partial charge in [-0.1, -0.05) is 30.3 Å². The molecule has 1 heterocycles. The van der Waals surface area contributed by atoms with Crippen LogP contribution in [0.15, 0.2) is 30.3 Å². The van der Waals surface area contributed by atoms with Crippen LogP contribution in [-0.2, 0) is 10.3 Å². The van der Waals surface area contributed by atoms with Crippen LogP contribution in [0.3, 0.4) is 0 Å². The molecule has 5 heteroatoms. The SMILES string of the molecule is CC1(c2ccccc2)NC(=O)NC1=O.[K+]. The summed E-state index contributed by atoms with van der Waals surface area (Å²) in [6.45, 7) is 1.68. The van der Waals surface area contributed by atoms with Crippen LogP contribution in [-0.4, -0.2) is 11.9 Å². The molecule has 2 rings (SSSR count). The van der Waals surface area contributed by atoms with Gasteiger partial charge < -0.3 is 5.32 Å². The third-order valence-electron chi connectivity index (χ3n) is 2.40. The Morgan fingerprint density at radius 3 is 2.20 bits per heavy atom. The van der Waals surface area contributed by atoms with Crippen LogP contribution in [0.25, 0.3) is 0 Å². The van der Waals surface area contributed by atoms with Crippen LogP contribution < -0.4 is 62.0 Å². The van der Waals surface area contributed by atoms with Gasteiger partial charge in [0, 0.05) is 0 Å². The second-order valence-corrected chi connectivity index (χ2v) is 3.40. The predicted molar refractivity (Wildman–Crippen MR) is 50.5 cm³/mol. The van der Waals surface area contributed by atoms with E-state index in [0.29, 0.717) is 0 Å². The van der Waals surface area contributed by atoms with Crippen LogP contribution in [0.2, 0.25) is 0 Å². The van der Waals surface area contributed by atoms with Crippen LogP contribution in [0.1, 0.15) is 12.5 Å². The fourth-order valence-corrected chi connectivity index (χ4v) is 1.52. The van der Waals surface area contributed by atoms with Crippen molar-refractivity contribution >= 4 is 11.9 Å². The van der Waals surface area contributed by atoms with Crippen molar-refractivity contribution in [2.75, 3.05) is 0 Å². The van der Waals surface area contributed by atoms with Gasteiger partial charge in [0.25, 0.3) is 5.91 Å². The maximum Gasteiger partial charge on any atom is 1.00 e. The Hall–Kier alpha value is -0.204. The van der Waals surface area contributed by atoms with Gasteiger partial charge in [0.1, 0.15) is 5.54 Å². The molecule has 2 N–H and O–H groups in total. The summed E-state index contributed by atoms with van der Waals surface area (Å²) in [6.07, 6.45) is 0. The average molecular weight is 229 g/mol. The Bertz CT molecular complexity index is 394. The molecule has 0 bridgehead atoms. The summed E-state index contributed by atoms with van der Waals surface area (Å²) in [6, 6.07) is 8.70. The molecule has 1 fully saturated rings. The molecule has 1 aliphatic rings. The molecule has 0 aromatic heterocycles. The van der Waals surface area contributed by atoms with Crippen LogP contribution in [0.4, 0.5) is 4.79 Å². The van der Waals surface area contributed by atoms with Crippen LogP contribution in [0.5, 0.6) is 0 Å². The maximum absolute atomic E-state index is 11.5. The minimum atomic E-state index is -0.932. The maximum atomic E-state index is 11.5. The second-order valence-electron chi connectivity index (χ2n) is 3.40.